The van der Waals surface area contributed by atoms with Gasteiger partial charge in [-0.1, -0.05) is 84.4 Å². The van der Waals surface area contributed by atoms with Gasteiger partial charge in [0.1, 0.15) is 0 Å². The number of aryl methyl sites for hydroxylation is 1. The minimum absolute atomic E-state index is 0.173. The fourth-order valence-corrected chi connectivity index (χ4v) is 6.56. The van der Waals surface area contributed by atoms with Crippen LogP contribution in [0.1, 0.15) is 33.3 Å². The number of benzene rings is 3. The number of carboxylic acids is 1. The summed E-state index contributed by atoms with van der Waals surface area (Å²) in [6.07, 6.45) is 7.16. The fourth-order valence-electron chi connectivity index (χ4n) is 3.66. The highest BCUT2D eigenvalue weighted by Crippen LogP contribution is 2.40. The summed E-state index contributed by atoms with van der Waals surface area (Å²) in [5, 5.41) is 10.8. The van der Waals surface area contributed by atoms with Gasteiger partial charge in [0.15, 0.2) is 0 Å². The molecule has 35 heavy (non-hydrogen) atoms. The number of nitrogens with zero attached hydrogens (tertiary/aromatic N) is 1. The van der Waals surface area contributed by atoms with Crippen LogP contribution >= 0.6 is 35.1 Å². The summed E-state index contributed by atoms with van der Waals surface area (Å²) in [6, 6.07) is 26.8. The lowest BCUT2D eigenvalue weighted by Gasteiger charge is -2.17. The quantitative estimate of drug-likeness (QED) is 0.202. The number of fused-ring (bicyclic) bond motifs is 1. The summed E-state index contributed by atoms with van der Waals surface area (Å²) >= 11 is 9.68. The van der Waals surface area contributed by atoms with Crippen molar-refractivity contribution in [2.45, 2.75) is 17.4 Å². The highest BCUT2D eigenvalue weighted by Gasteiger charge is 2.14. The molecule has 4 rings (SSSR count). The molecule has 3 aromatic carbocycles. The molecule has 0 aliphatic rings. The Hall–Kier alpha value is -2.73. The third-order valence-electron chi connectivity index (χ3n) is 5.49. The van der Waals surface area contributed by atoms with E-state index in [1.165, 1.54) is 11.1 Å². The molecular weight excluding hydrogens is 494 g/mol. The third-order valence-corrected chi connectivity index (χ3v) is 8.57. The monoisotopic (exact) mass is 519 g/mol. The molecule has 1 heterocycles. The molecule has 0 fully saturated rings. The molecule has 0 saturated carbocycles. The van der Waals surface area contributed by atoms with Crippen LogP contribution in [0.2, 0.25) is 5.02 Å². The van der Waals surface area contributed by atoms with Crippen molar-refractivity contribution in [2.24, 2.45) is 0 Å². The number of aromatic nitrogens is 1. The third kappa shape index (κ3) is 7.63. The van der Waals surface area contributed by atoms with Crippen molar-refractivity contribution in [2.75, 3.05) is 11.5 Å². The van der Waals surface area contributed by atoms with Crippen molar-refractivity contribution in [1.82, 2.24) is 4.98 Å². The minimum atomic E-state index is -0.753. The number of carbonyl (C=O) groups is 1. The topological polar surface area (TPSA) is 50.2 Å². The fraction of sp³-hybridized carbons (Fsp3) is 0.172. The molecule has 0 saturated heterocycles. The molecule has 0 spiro atoms. The average molecular weight is 520 g/mol. The molecule has 0 bridgehead atoms. The molecule has 0 aliphatic carbocycles. The average Bonchev–Trinajstić information content (AvgIpc) is 2.87. The van der Waals surface area contributed by atoms with E-state index >= 15 is 0 Å². The first kappa shape index (κ1) is 25.4. The lowest BCUT2D eigenvalue weighted by Crippen LogP contribution is -2.00. The van der Waals surface area contributed by atoms with Crippen LogP contribution in [0.25, 0.3) is 23.1 Å². The second kappa shape index (κ2) is 12.8. The predicted octanol–water partition coefficient (Wildman–Crippen LogP) is 8.24. The van der Waals surface area contributed by atoms with Crippen LogP contribution in [-0.2, 0) is 11.2 Å². The van der Waals surface area contributed by atoms with E-state index in [2.05, 4.69) is 65.7 Å². The number of hydrogen-bond donors (Lipinski definition) is 1. The Kier molecular flexibility index (Phi) is 9.29. The van der Waals surface area contributed by atoms with Gasteiger partial charge in [0.2, 0.25) is 0 Å². The van der Waals surface area contributed by atoms with Gasteiger partial charge in [-0.2, -0.15) is 0 Å². The normalized spacial score (nSPS) is 12.3. The van der Waals surface area contributed by atoms with Crippen LogP contribution in [0.15, 0.2) is 85.1 Å². The van der Waals surface area contributed by atoms with E-state index in [1.807, 2.05) is 42.1 Å². The van der Waals surface area contributed by atoms with E-state index in [0.29, 0.717) is 10.8 Å². The van der Waals surface area contributed by atoms with E-state index in [4.69, 9.17) is 16.7 Å². The molecule has 0 aliphatic heterocycles. The first-order valence-electron chi connectivity index (χ1n) is 11.4. The van der Waals surface area contributed by atoms with Crippen LogP contribution < -0.4 is 0 Å². The number of pyridine rings is 1. The Morgan fingerprint density at radius 2 is 1.71 bits per heavy atom. The standard InChI is InChI=1S/C29H26ClNO2S2/c30-25-12-13-26-23(14-17-31-27(26)20-25)9-6-22-7-10-24(11-8-22)29(35-19-16-28(32)33)34-18-15-21-4-2-1-3-5-21/h1-14,17,20,29H,15-16,18-19H2,(H,32,33)/b9-6+. The summed E-state index contributed by atoms with van der Waals surface area (Å²) in [6.45, 7) is 0. The summed E-state index contributed by atoms with van der Waals surface area (Å²) < 4.78 is 0.199. The Bertz CT molecular complexity index is 1290. The summed E-state index contributed by atoms with van der Waals surface area (Å²) in [5.41, 5.74) is 5.61. The zero-order valence-electron chi connectivity index (χ0n) is 19.1. The molecule has 1 unspecified atom stereocenters. The summed E-state index contributed by atoms with van der Waals surface area (Å²) in [4.78, 5) is 15.4. The molecule has 1 atom stereocenters. The SMILES string of the molecule is O=C(O)CCSC(SCCc1ccccc1)c1ccc(/C=C/c2ccnc3cc(Cl)ccc23)cc1. The van der Waals surface area contributed by atoms with Crippen LogP contribution in [-0.4, -0.2) is 27.6 Å². The maximum absolute atomic E-state index is 11.0. The molecule has 6 heteroatoms. The Morgan fingerprint density at radius 1 is 0.943 bits per heavy atom. The van der Waals surface area contributed by atoms with Gasteiger partial charge >= 0.3 is 5.97 Å². The number of carboxylic acid groups (broad SMARTS) is 1. The van der Waals surface area contributed by atoms with Crippen LogP contribution in [0.3, 0.4) is 0 Å². The maximum Gasteiger partial charge on any atom is 0.304 e. The van der Waals surface area contributed by atoms with Gasteiger partial charge in [0.05, 0.1) is 16.5 Å². The molecule has 178 valence electrons. The number of hydrogen-bond acceptors (Lipinski definition) is 4. The number of thioether (sulfide) groups is 2. The van der Waals surface area contributed by atoms with Crippen LogP contribution in [0.4, 0.5) is 0 Å². The molecule has 1 aromatic heterocycles. The molecule has 3 nitrogen and oxygen atoms in total. The first-order valence-corrected chi connectivity index (χ1v) is 13.9. The second-order valence-corrected chi connectivity index (χ2v) is 11.2. The van der Waals surface area contributed by atoms with Gasteiger partial charge in [-0.05, 0) is 52.6 Å². The lowest BCUT2D eigenvalue weighted by atomic mass is 10.1. The molecule has 4 aromatic rings. The van der Waals surface area contributed by atoms with Gasteiger partial charge in [-0.15, -0.1) is 23.5 Å². The van der Waals surface area contributed by atoms with Gasteiger partial charge in [0.25, 0.3) is 0 Å². The van der Waals surface area contributed by atoms with Crippen molar-refractivity contribution in [3.8, 4) is 0 Å². The summed E-state index contributed by atoms with van der Waals surface area (Å²) in [5.74, 6) is 0.825. The molecule has 1 N–H and O–H groups in total. The minimum Gasteiger partial charge on any atom is -0.481 e. The Balaban J connectivity index is 1.44. The zero-order valence-corrected chi connectivity index (χ0v) is 21.5. The van der Waals surface area contributed by atoms with Crippen LogP contribution in [0, 0.1) is 0 Å². The van der Waals surface area contributed by atoms with Crippen molar-refractivity contribution < 1.29 is 9.90 Å². The Labute approximate surface area is 219 Å². The van der Waals surface area contributed by atoms with E-state index in [0.717, 1.165) is 34.2 Å². The number of aliphatic carboxylic acids is 1. The van der Waals surface area contributed by atoms with E-state index in [-0.39, 0.29) is 11.0 Å². The van der Waals surface area contributed by atoms with E-state index in [9.17, 15) is 4.79 Å². The Morgan fingerprint density at radius 3 is 2.49 bits per heavy atom. The first-order chi connectivity index (χ1) is 17.1. The maximum atomic E-state index is 11.0. The van der Waals surface area contributed by atoms with Gasteiger partial charge < -0.3 is 5.11 Å². The van der Waals surface area contributed by atoms with Crippen LogP contribution in [0.5, 0.6) is 0 Å². The largest absolute Gasteiger partial charge is 0.481 e. The molecule has 0 amide bonds. The molecular formula is C29H26ClNO2S2. The zero-order chi connectivity index (χ0) is 24.5. The van der Waals surface area contributed by atoms with Gasteiger partial charge in [0, 0.05) is 22.4 Å². The highest BCUT2D eigenvalue weighted by atomic mass is 35.5. The smallest absolute Gasteiger partial charge is 0.304 e. The van der Waals surface area contributed by atoms with Crippen molar-refractivity contribution >= 4 is 64.1 Å². The predicted molar refractivity (Wildman–Crippen MR) is 152 cm³/mol. The number of halogens is 1. The summed E-state index contributed by atoms with van der Waals surface area (Å²) in [7, 11) is 0. The van der Waals surface area contributed by atoms with E-state index in [1.54, 1.807) is 18.0 Å². The number of rotatable bonds is 11. The van der Waals surface area contributed by atoms with Gasteiger partial charge in [-0.3, -0.25) is 9.78 Å². The van der Waals surface area contributed by atoms with Gasteiger partial charge in [-0.25, -0.2) is 0 Å². The lowest BCUT2D eigenvalue weighted by molar-refractivity contribution is -0.136. The highest BCUT2D eigenvalue weighted by molar-refractivity contribution is 8.16. The van der Waals surface area contributed by atoms with Crippen molar-refractivity contribution in [1.29, 1.82) is 0 Å². The second-order valence-electron chi connectivity index (χ2n) is 8.01. The van der Waals surface area contributed by atoms with E-state index < -0.39 is 5.97 Å². The molecule has 0 radical (unpaired) electrons. The van der Waals surface area contributed by atoms with Crippen molar-refractivity contribution in [3.63, 3.8) is 0 Å². The van der Waals surface area contributed by atoms with Crippen molar-refractivity contribution in [3.05, 3.63) is 112 Å².